The van der Waals surface area contributed by atoms with E-state index in [1.807, 2.05) is 0 Å². The summed E-state index contributed by atoms with van der Waals surface area (Å²) in [5.41, 5.74) is 0.587. The summed E-state index contributed by atoms with van der Waals surface area (Å²) in [7, 11) is 0. The molecule has 1 heterocycles. The zero-order chi connectivity index (χ0) is 9.68. The topological polar surface area (TPSA) is 68.1 Å². The number of carbonyl (C=O) groups is 1. The lowest BCUT2D eigenvalue weighted by Crippen LogP contribution is -2.34. The second kappa shape index (κ2) is 4.81. The molecule has 0 saturated carbocycles. The summed E-state index contributed by atoms with van der Waals surface area (Å²) in [4.78, 5) is 11.2. The van der Waals surface area contributed by atoms with Crippen LogP contribution in [0.25, 0.3) is 0 Å². The van der Waals surface area contributed by atoms with Gasteiger partial charge in [-0.25, -0.2) is 4.79 Å². The van der Waals surface area contributed by atoms with Crippen LogP contribution in [0.5, 0.6) is 0 Å². The highest BCUT2D eigenvalue weighted by Gasteiger charge is 2.26. The molecule has 0 spiro atoms. The summed E-state index contributed by atoms with van der Waals surface area (Å²) in [5.74, 6) is -0.386. The highest BCUT2D eigenvalue weighted by molar-refractivity contribution is 5.90. The van der Waals surface area contributed by atoms with Crippen LogP contribution in [0.4, 0.5) is 0 Å². The van der Waals surface area contributed by atoms with Crippen molar-refractivity contribution >= 4 is 11.7 Å². The molecule has 13 heavy (non-hydrogen) atoms. The number of hydrogen-bond donors (Lipinski definition) is 1. The van der Waals surface area contributed by atoms with Crippen molar-refractivity contribution in [3.63, 3.8) is 0 Å². The fourth-order valence-corrected chi connectivity index (χ4v) is 1.17. The molecule has 0 aromatic heterocycles. The van der Waals surface area contributed by atoms with Crippen molar-refractivity contribution in [2.75, 3.05) is 13.2 Å². The standard InChI is InChI=1S/C8H13NO4/c1-2-12-8(10)7-5-6(9-11)3-4-13-7/h7,11H,2-5H2,1H3/b9-6+. The Morgan fingerprint density at radius 3 is 3.23 bits per heavy atom. The smallest absolute Gasteiger partial charge is 0.335 e. The maximum absolute atomic E-state index is 11.2. The fraction of sp³-hybridized carbons (Fsp3) is 0.750. The average Bonchev–Trinajstić information content (AvgIpc) is 2.18. The van der Waals surface area contributed by atoms with Crippen molar-refractivity contribution < 1.29 is 19.5 Å². The summed E-state index contributed by atoms with van der Waals surface area (Å²) in [6.45, 7) is 2.48. The third kappa shape index (κ3) is 2.69. The van der Waals surface area contributed by atoms with Crippen molar-refractivity contribution in [2.24, 2.45) is 5.16 Å². The van der Waals surface area contributed by atoms with Gasteiger partial charge in [0.2, 0.25) is 0 Å². The molecule has 5 nitrogen and oxygen atoms in total. The lowest BCUT2D eigenvalue weighted by atomic mass is 10.1. The van der Waals surface area contributed by atoms with Crippen molar-refractivity contribution in [1.82, 2.24) is 0 Å². The highest BCUT2D eigenvalue weighted by atomic mass is 16.6. The van der Waals surface area contributed by atoms with Gasteiger partial charge in [0.15, 0.2) is 6.10 Å². The minimum atomic E-state index is -0.598. The van der Waals surface area contributed by atoms with Crippen LogP contribution in [-0.2, 0) is 14.3 Å². The van der Waals surface area contributed by atoms with Gasteiger partial charge in [-0.05, 0) is 6.92 Å². The van der Waals surface area contributed by atoms with Crippen LogP contribution >= 0.6 is 0 Å². The van der Waals surface area contributed by atoms with Gasteiger partial charge in [0, 0.05) is 12.8 Å². The molecule has 1 atom stereocenters. The predicted octanol–water partition coefficient (Wildman–Crippen LogP) is 0.559. The van der Waals surface area contributed by atoms with Crippen molar-refractivity contribution in [2.45, 2.75) is 25.9 Å². The lowest BCUT2D eigenvalue weighted by Gasteiger charge is -2.21. The summed E-state index contributed by atoms with van der Waals surface area (Å²) in [5, 5.41) is 11.6. The van der Waals surface area contributed by atoms with Crippen LogP contribution in [0, 0.1) is 0 Å². The van der Waals surface area contributed by atoms with Gasteiger partial charge in [-0.15, -0.1) is 0 Å². The van der Waals surface area contributed by atoms with Crippen LogP contribution in [-0.4, -0.2) is 36.2 Å². The second-order valence-electron chi connectivity index (χ2n) is 2.73. The summed E-state index contributed by atoms with van der Waals surface area (Å²) < 4.78 is 9.93. The molecule has 0 aromatic carbocycles. The van der Waals surface area contributed by atoms with E-state index in [9.17, 15) is 4.79 Å². The minimum absolute atomic E-state index is 0.329. The molecule has 1 unspecified atom stereocenters. The van der Waals surface area contributed by atoms with E-state index in [-0.39, 0.29) is 5.97 Å². The molecule has 0 aromatic rings. The molecule has 0 radical (unpaired) electrons. The number of esters is 1. The van der Waals surface area contributed by atoms with Gasteiger partial charge < -0.3 is 14.7 Å². The lowest BCUT2D eigenvalue weighted by molar-refractivity contribution is -0.156. The molecule has 0 bridgehead atoms. The van der Waals surface area contributed by atoms with E-state index in [0.717, 1.165) is 0 Å². The van der Waals surface area contributed by atoms with Gasteiger partial charge in [0.25, 0.3) is 0 Å². The monoisotopic (exact) mass is 187 g/mol. The van der Waals surface area contributed by atoms with Crippen LogP contribution in [0.3, 0.4) is 0 Å². The summed E-state index contributed by atoms with van der Waals surface area (Å²) in [6, 6.07) is 0. The minimum Gasteiger partial charge on any atom is -0.464 e. The molecular formula is C8H13NO4. The Labute approximate surface area is 76.3 Å². The zero-order valence-electron chi connectivity index (χ0n) is 7.52. The molecule has 1 aliphatic rings. The third-order valence-corrected chi connectivity index (χ3v) is 1.82. The molecule has 5 heteroatoms. The van der Waals surface area contributed by atoms with Crippen LogP contribution in [0.15, 0.2) is 5.16 Å². The zero-order valence-corrected chi connectivity index (χ0v) is 7.52. The van der Waals surface area contributed by atoms with Gasteiger partial charge >= 0.3 is 5.97 Å². The van der Waals surface area contributed by atoms with E-state index in [2.05, 4.69) is 5.16 Å². The number of carbonyl (C=O) groups excluding carboxylic acids is 1. The maximum Gasteiger partial charge on any atom is 0.335 e. The van der Waals surface area contributed by atoms with E-state index >= 15 is 0 Å². The van der Waals surface area contributed by atoms with Gasteiger partial charge in [0.05, 0.1) is 18.9 Å². The molecule has 1 fully saturated rings. The van der Waals surface area contributed by atoms with E-state index in [1.165, 1.54) is 0 Å². The second-order valence-corrected chi connectivity index (χ2v) is 2.73. The Kier molecular flexibility index (Phi) is 3.70. The van der Waals surface area contributed by atoms with Gasteiger partial charge in [-0.2, -0.15) is 0 Å². The highest BCUT2D eigenvalue weighted by Crippen LogP contribution is 2.12. The first-order valence-electron chi connectivity index (χ1n) is 4.26. The first-order valence-corrected chi connectivity index (χ1v) is 4.26. The molecule has 1 aliphatic heterocycles. The Morgan fingerprint density at radius 2 is 2.62 bits per heavy atom. The number of nitrogens with zero attached hydrogens (tertiary/aromatic N) is 1. The SMILES string of the molecule is CCOC(=O)C1C/C(=N/O)CCO1. The Balaban J connectivity index is 2.46. The average molecular weight is 187 g/mol. The largest absolute Gasteiger partial charge is 0.464 e. The maximum atomic E-state index is 11.2. The predicted molar refractivity (Wildman–Crippen MR) is 44.8 cm³/mol. The first kappa shape index (κ1) is 9.98. The van der Waals surface area contributed by atoms with Crippen molar-refractivity contribution in [1.29, 1.82) is 0 Å². The number of oxime groups is 1. The molecule has 0 aliphatic carbocycles. The van der Waals surface area contributed by atoms with Crippen LogP contribution in [0.2, 0.25) is 0 Å². The third-order valence-electron chi connectivity index (χ3n) is 1.82. The van der Waals surface area contributed by atoms with Crippen molar-refractivity contribution in [3.05, 3.63) is 0 Å². The van der Waals surface area contributed by atoms with Crippen molar-refractivity contribution in [3.8, 4) is 0 Å². The number of hydrogen-bond acceptors (Lipinski definition) is 5. The Hall–Kier alpha value is -1.10. The Morgan fingerprint density at radius 1 is 1.85 bits per heavy atom. The molecule has 74 valence electrons. The number of ether oxygens (including phenoxy) is 2. The first-order chi connectivity index (χ1) is 6.27. The van der Waals surface area contributed by atoms with Crippen LogP contribution in [0.1, 0.15) is 19.8 Å². The molecular weight excluding hydrogens is 174 g/mol. The van der Waals surface area contributed by atoms with E-state index in [0.29, 0.717) is 31.8 Å². The van der Waals surface area contributed by atoms with E-state index in [1.54, 1.807) is 6.92 Å². The summed E-state index contributed by atoms with van der Waals surface area (Å²) >= 11 is 0. The molecule has 1 saturated heterocycles. The summed E-state index contributed by atoms with van der Waals surface area (Å²) in [6.07, 6.45) is 0.307. The van der Waals surface area contributed by atoms with Gasteiger partial charge in [0.1, 0.15) is 0 Å². The molecule has 1 N–H and O–H groups in total. The van der Waals surface area contributed by atoms with Crippen LogP contribution < -0.4 is 0 Å². The van der Waals surface area contributed by atoms with Gasteiger partial charge in [-0.1, -0.05) is 5.16 Å². The molecule has 1 rings (SSSR count). The van der Waals surface area contributed by atoms with E-state index < -0.39 is 6.10 Å². The van der Waals surface area contributed by atoms with Gasteiger partial charge in [-0.3, -0.25) is 0 Å². The normalized spacial score (nSPS) is 25.9. The quantitative estimate of drug-likeness (QED) is 0.389. The number of rotatable bonds is 2. The fourth-order valence-electron chi connectivity index (χ4n) is 1.17. The van der Waals surface area contributed by atoms with E-state index in [4.69, 9.17) is 14.7 Å². The molecule has 0 amide bonds. The Bertz CT molecular complexity index is 214.